The highest BCUT2D eigenvalue weighted by Gasteiger charge is 2.10. The summed E-state index contributed by atoms with van der Waals surface area (Å²) in [6.45, 7) is 4.74. The van der Waals surface area contributed by atoms with Crippen LogP contribution in [0.3, 0.4) is 0 Å². The summed E-state index contributed by atoms with van der Waals surface area (Å²) in [7, 11) is -0.791. The van der Waals surface area contributed by atoms with Gasteiger partial charge in [-0.15, -0.1) is 11.3 Å². The zero-order valence-electron chi connectivity index (χ0n) is 11.3. The highest BCUT2D eigenvalue weighted by molar-refractivity contribution is 7.84. The number of aromatic nitrogens is 2. The molecule has 0 aliphatic rings. The van der Waals surface area contributed by atoms with Gasteiger partial charge in [0, 0.05) is 33.7 Å². The quantitative estimate of drug-likeness (QED) is 0.884. The maximum Gasteiger partial charge on any atom is 0.223 e. The summed E-state index contributed by atoms with van der Waals surface area (Å²) < 4.78 is 11.3. The first kappa shape index (κ1) is 14.2. The van der Waals surface area contributed by atoms with E-state index in [1.54, 1.807) is 17.6 Å². The fourth-order valence-electron chi connectivity index (χ4n) is 1.75. The van der Waals surface area contributed by atoms with Crippen LogP contribution in [-0.2, 0) is 10.8 Å². The summed E-state index contributed by atoms with van der Waals surface area (Å²) in [5.74, 6) is 1.05. The number of nitrogen functional groups attached to an aromatic ring is 1. The molecule has 0 amide bonds. The van der Waals surface area contributed by atoms with E-state index >= 15 is 0 Å². The molecular weight excluding hydrogens is 280 g/mol. The maximum absolute atomic E-state index is 11.3. The highest BCUT2D eigenvalue weighted by Crippen LogP contribution is 2.28. The number of nitrogens with one attached hydrogen (secondary N) is 1. The third-order valence-electron chi connectivity index (χ3n) is 2.94. The van der Waals surface area contributed by atoms with Gasteiger partial charge in [0.05, 0.1) is 5.39 Å². The number of nitrogens with two attached hydrogens (primary N) is 1. The van der Waals surface area contributed by atoms with Gasteiger partial charge in [0.1, 0.15) is 10.6 Å². The van der Waals surface area contributed by atoms with Gasteiger partial charge in [0.25, 0.3) is 0 Å². The van der Waals surface area contributed by atoms with Crippen LogP contribution < -0.4 is 11.1 Å². The molecule has 0 spiro atoms. The second-order valence-electron chi connectivity index (χ2n) is 4.53. The summed E-state index contributed by atoms with van der Waals surface area (Å²) >= 11 is 1.61. The van der Waals surface area contributed by atoms with E-state index in [1.807, 2.05) is 13.8 Å². The minimum Gasteiger partial charge on any atom is -0.369 e. The molecule has 0 bridgehead atoms. The fraction of sp³-hybridized carbons (Fsp3) is 0.500. The Morgan fingerprint density at radius 1 is 1.53 bits per heavy atom. The van der Waals surface area contributed by atoms with Gasteiger partial charge >= 0.3 is 0 Å². The van der Waals surface area contributed by atoms with Gasteiger partial charge in [-0.25, -0.2) is 4.98 Å². The minimum atomic E-state index is -0.791. The molecule has 0 saturated carbocycles. The van der Waals surface area contributed by atoms with Crippen molar-refractivity contribution in [2.24, 2.45) is 0 Å². The molecule has 0 saturated heterocycles. The van der Waals surface area contributed by atoms with Gasteiger partial charge < -0.3 is 11.1 Å². The Kier molecular flexibility index (Phi) is 4.36. The molecule has 3 N–H and O–H groups in total. The smallest absolute Gasteiger partial charge is 0.223 e. The molecule has 2 rings (SSSR count). The molecule has 0 fully saturated rings. The normalized spacial score (nSPS) is 14.5. The largest absolute Gasteiger partial charge is 0.369 e. The van der Waals surface area contributed by atoms with Crippen LogP contribution in [-0.4, -0.2) is 32.2 Å². The van der Waals surface area contributed by atoms with Crippen molar-refractivity contribution in [1.82, 2.24) is 9.97 Å². The molecule has 2 aromatic rings. The fourth-order valence-corrected chi connectivity index (χ4v) is 3.09. The van der Waals surface area contributed by atoms with Gasteiger partial charge in [-0.2, -0.15) is 4.98 Å². The number of fused-ring (bicyclic) bond motifs is 1. The van der Waals surface area contributed by atoms with E-state index in [-0.39, 0.29) is 11.2 Å². The van der Waals surface area contributed by atoms with E-state index in [9.17, 15) is 4.21 Å². The summed E-state index contributed by atoms with van der Waals surface area (Å²) in [5.41, 5.74) is 5.71. The number of hydrogen-bond acceptors (Lipinski definition) is 6. The Bertz CT molecular complexity index is 611. The standard InChI is InChI=1S/C12H18N4OS2/c1-7-6-9-10(14-5-4-8(2)19(3)17)15-12(13)16-11(9)18-7/h6,8H,4-5H2,1-3H3,(H3,13,14,15,16). The molecule has 2 unspecified atom stereocenters. The Morgan fingerprint density at radius 3 is 2.95 bits per heavy atom. The maximum atomic E-state index is 11.3. The molecule has 2 heterocycles. The predicted octanol–water partition coefficient (Wildman–Crippen LogP) is 2.15. The van der Waals surface area contributed by atoms with E-state index in [2.05, 4.69) is 21.4 Å². The molecular formula is C12H18N4OS2. The molecule has 5 nitrogen and oxygen atoms in total. The molecule has 0 radical (unpaired) electrons. The zero-order chi connectivity index (χ0) is 14.0. The lowest BCUT2D eigenvalue weighted by Gasteiger charge is -2.10. The van der Waals surface area contributed by atoms with Gasteiger partial charge in [-0.3, -0.25) is 4.21 Å². The predicted molar refractivity (Wildman–Crippen MR) is 83.2 cm³/mol. The van der Waals surface area contributed by atoms with Crippen molar-refractivity contribution in [2.45, 2.75) is 25.5 Å². The van der Waals surface area contributed by atoms with Crippen LogP contribution in [0.25, 0.3) is 10.2 Å². The average Bonchev–Trinajstić information content (AvgIpc) is 2.68. The summed E-state index contributed by atoms with van der Waals surface area (Å²) in [6, 6.07) is 2.06. The number of aryl methyl sites for hydroxylation is 1. The van der Waals surface area contributed by atoms with Crippen LogP contribution >= 0.6 is 11.3 Å². The van der Waals surface area contributed by atoms with Gasteiger partial charge in [-0.1, -0.05) is 6.92 Å². The molecule has 104 valence electrons. The van der Waals surface area contributed by atoms with Crippen LogP contribution in [0.4, 0.5) is 11.8 Å². The molecule has 0 aromatic carbocycles. The number of hydrogen-bond donors (Lipinski definition) is 2. The molecule has 0 aliphatic heterocycles. The van der Waals surface area contributed by atoms with E-state index in [0.29, 0.717) is 0 Å². The Morgan fingerprint density at radius 2 is 2.26 bits per heavy atom. The average molecular weight is 298 g/mol. The minimum absolute atomic E-state index is 0.173. The third kappa shape index (κ3) is 3.42. The lowest BCUT2D eigenvalue weighted by molar-refractivity contribution is 0.672. The molecule has 2 atom stereocenters. The molecule has 7 heteroatoms. The van der Waals surface area contributed by atoms with Gasteiger partial charge in [0.2, 0.25) is 5.95 Å². The van der Waals surface area contributed by atoms with Crippen molar-refractivity contribution >= 4 is 44.1 Å². The van der Waals surface area contributed by atoms with E-state index in [1.165, 1.54) is 4.88 Å². The van der Waals surface area contributed by atoms with Crippen LogP contribution in [0.15, 0.2) is 6.07 Å². The molecule has 0 aliphatic carbocycles. The van der Waals surface area contributed by atoms with Crippen molar-refractivity contribution in [3.63, 3.8) is 0 Å². The zero-order valence-corrected chi connectivity index (χ0v) is 12.9. The van der Waals surface area contributed by atoms with E-state index in [4.69, 9.17) is 5.73 Å². The van der Waals surface area contributed by atoms with Crippen molar-refractivity contribution in [1.29, 1.82) is 0 Å². The lowest BCUT2D eigenvalue weighted by atomic mass is 10.3. The molecule has 19 heavy (non-hydrogen) atoms. The van der Waals surface area contributed by atoms with Gasteiger partial charge in [0.15, 0.2) is 0 Å². The first-order valence-electron chi connectivity index (χ1n) is 6.07. The SMILES string of the molecule is Cc1cc2c(NCCC(C)S(C)=O)nc(N)nc2s1. The van der Waals surface area contributed by atoms with E-state index < -0.39 is 10.8 Å². The number of thiophene rings is 1. The number of nitrogens with zero attached hydrogens (tertiary/aromatic N) is 2. The van der Waals surface area contributed by atoms with Crippen molar-refractivity contribution < 1.29 is 4.21 Å². The van der Waals surface area contributed by atoms with Crippen LogP contribution in [0.2, 0.25) is 0 Å². The Labute approximate surface area is 119 Å². The second-order valence-corrected chi connectivity index (χ2v) is 7.57. The second kappa shape index (κ2) is 5.83. The monoisotopic (exact) mass is 298 g/mol. The van der Waals surface area contributed by atoms with Crippen LogP contribution in [0.5, 0.6) is 0 Å². The van der Waals surface area contributed by atoms with Crippen molar-refractivity contribution in [3.8, 4) is 0 Å². The van der Waals surface area contributed by atoms with Crippen molar-refractivity contribution in [3.05, 3.63) is 10.9 Å². The Balaban J connectivity index is 2.13. The topological polar surface area (TPSA) is 80.9 Å². The first-order chi connectivity index (χ1) is 8.97. The van der Waals surface area contributed by atoms with Crippen LogP contribution in [0.1, 0.15) is 18.2 Å². The Hall–Kier alpha value is -1.21. The number of anilines is 2. The van der Waals surface area contributed by atoms with E-state index in [0.717, 1.165) is 29.0 Å². The van der Waals surface area contributed by atoms with Crippen LogP contribution in [0, 0.1) is 6.92 Å². The summed E-state index contributed by atoms with van der Waals surface area (Å²) in [4.78, 5) is 10.6. The highest BCUT2D eigenvalue weighted by atomic mass is 32.2. The van der Waals surface area contributed by atoms with Crippen molar-refractivity contribution in [2.75, 3.05) is 23.9 Å². The molecule has 2 aromatic heterocycles. The number of rotatable bonds is 5. The van der Waals surface area contributed by atoms with Gasteiger partial charge in [-0.05, 0) is 19.4 Å². The summed E-state index contributed by atoms with van der Waals surface area (Å²) in [5, 5.41) is 4.44. The summed E-state index contributed by atoms with van der Waals surface area (Å²) in [6.07, 6.45) is 2.56. The third-order valence-corrected chi connectivity index (χ3v) is 5.26. The lowest BCUT2D eigenvalue weighted by Crippen LogP contribution is -2.15. The first-order valence-corrected chi connectivity index (χ1v) is 8.51.